The van der Waals surface area contributed by atoms with Crippen LogP contribution in [0, 0.1) is 12.8 Å². The summed E-state index contributed by atoms with van der Waals surface area (Å²) in [5, 5.41) is 3.51. The van der Waals surface area contributed by atoms with Crippen LogP contribution in [0.3, 0.4) is 0 Å². The third-order valence-electron chi connectivity index (χ3n) is 4.02. The summed E-state index contributed by atoms with van der Waals surface area (Å²) in [6.07, 6.45) is 3.12. The molecular weight excluding hydrogens is 276 g/mol. The second-order valence-corrected chi connectivity index (χ2v) is 7.56. The molecule has 0 aromatic carbocycles. The van der Waals surface area contributed by atoms with E-state index >= 15 is 0 Å². The molecule has 1 aromatic heterocycles. The van der Waals surface area contributed by atoms with Crippen molar-refractivity contribution in [2.75, 3.05) is 19.3 Å². The highest BCUT2D eigenvalue weighted by molar-refractivity contribution is 7.88. The zero-order valence-corrected chi connectivity index (χ0v) is 13.2. The largest absolute Gasteiger partial charge is 0.465 e. The molecule has 0 spiro atoms. The average molecular weight is 300 g/mol. The average Bonchev–Trinajstić information content (AvgIpc) is 2.81. The Bertz CT molecular complexity index is 538. The van der Waals surface area contributed by atoms with Crippen LogP contribution in [-0.4, -0.2) is 38.1 Å². The van der Waals surface area contributed by atoms with Crippen LogP contribution in [0.4, 0.5) is 0 Å². The van der Waals surface area contributed by atoms with Gasteiger partial charge in [-0.05, 0) is 31.4 Å². The number of aryl methyl sites for hydroxylation is 1. The lowest BCUT2D eigenvalue weighted by Crippen LogP contribution is -2.50. The van der Waals surface area contributed by atoms with E-state index in [1.165, 1.54) is 6.26 Å². The van der Waals surface area contributed by atoms with E-state index in [0.29, 0.717) is 31.6 Å². The number of sulfonamides is 1. The van der Waals surface area contributed by atoms with E-state index in [0.717, 1.165) is 24.4 Å². The van der Waals surface area contributed by atoms with Gasteiger partial charge in [0.2, 0.25) is 10.0 Å². The summed E-state index contributed by atoms with van der Waals surface area (Å²) in [5.74, 6) is 2.21. The molecule has 1 aliphatic rings. The number of piperidine rings is 1. The van der Waals surface area contributed by atoms with Crippen molar-refractivity contribution >= 4 is 10.0 Å². The summed E-state index contributed by atoms with van der Waals surface area (Å²) in [5.41, 5.74) is 0. The molecule has 0 amide bonds. The predicted octanol–water partition coefficient (Wildman–Crippen LogP) is 1.74. The SMILES string of the molecule is CC[C@H]1CN(S(C)(=O)=O)CC[C@@H]1NCc1ccc(C)o1. The van der Waals surface area contributed by atoms with Gasteiger partial charge < -0.3 is 9.73 Å². The molecule has 1 N–H and O–H groups in total. The highest BCUT2D eigenvalue weighted by Gasteiger charge is 2.31. The molecule has 1 aliphatic heterocycles. The molecule has 6 heteroatoms. The first-order valence-electron chi connectivity index (χ1n) is 7.14. The molecule has 114 valence electrons. The summed E-state index contributed by atoms with van der Waals surface area (Å²) in [4.78, 5) is 0. The summed E-state index contributed by atoms with van der Waals surface area (Å²) >= 11 is 0. The molecule has 20 heavy (non-hydrogen) atoms. The zero-order valence-electron chi connectivity index (χ0n) is 12.4. The van der Waals surface area contributed by atoms with Crippen LogP contribution >= 0.6 is 0 Å². The molecule has 0 radical (unpaired) electrons. The Hall–Kier alpha value is -0.850. The molecule has 2 atom stereocenters. The molecular formula is C14H24N2O3S. The molecule has 2 heterocycles. The van der Waals surface area contributed by atoms with Gasteiger partial charge in [-0.25, -0.2) is 12.7 Å². The van der Waals surface area contributed by atoms with Crippen LogP contribution < -0.4 is 5.32 Å². The van der Waals surface area contributed by atoms with E-state index < -0.39 is 10.0 Å². The minimum Gasteiger partial charge on any atom is -0.465 e. The lowest BCUT2D eigenvalue weighted by atomic mass is 9.91. The topological polar surface area (TPSA) is 62.6 Å². The second-order valence-electron chi connectivity index (χ2n) is 5.58. The lowest BCUT2D eigenvalue weighted by Gasteiger charge is -2.37. The van der Waals surface area contributed by atoms with Crippen LogP contribution in [0.15, 0.2) is 16.5 Å². The maximum absolute atomic E-state index is 11.6. The molecule has 0 aliphatic carbocycles. The van der Waals surface area contributed by atoms with Crippen LogP contribution in [-0.2, 0) is 16.6 Å². The van der Waals surface area contributed by atoms with E-state index in [4.69, 9.17) is 4.42 Å². The van der Waals surface area contributed by atoms with Crippen molar-refractivity contribution in [2.45, 2.75) is 39.3 Å². The summed E-state index contributed by atoms with van der Waals surface area (Å²) in [6, 6.07) is 4.29. The van der Waals surface area contributed by atoms with Gasteiger partial charge in [0.15, 0.2) is 0 Å². The minimum absolute atomic E-state index is 0.350. The Balaban J connectivity index is 1.92. The van der Waals surface area contributed by atoms with E-state index in [1.54, 1.807) is 4.31 Å². The highest BCUT2D eigenvalue weighted by Crippen LogP contribution is 2.22. The van der Waals surface area contributed by atoms with Gasteiger partial charge in [0.05, 0.1) is 12.8 Å². The van der Waals surface area contributed by atoms with Crippen molar-refractivity contribution in [3.63, 3.8) is 0 Å². The standard InChI is InChI=1S/C14H24N2O3S/c1-4-12-10-16(20(3,17)18)8-7-14(12)15-9-13-6-5-11(2)19-13/h5-6,12,14-15H,4,7-10H2,1-3H3/t12-,14-/m0/s1. The number of hydrogen-bond acceptors (Lipinski definition) is 4. The fourth-order valence-electron chi connectivity index (χ4n) is 2.79. The zero-order chi connectivity index (χ0) is 14.8. The molecule has 1 fully saturated rings. The van der Waals surface area contributed by atoms with Gasteiger partial charge >= 0.3 is 0 Å². The number of nitrogens with one attached hydrogen (secondary N) is 1. The smallest absolute Gasteiger partial charge is 0.211 e. The normalized spacial score (nSPS) is 24.9. The lowest BCUT2D eigenvalue weighted by molar-refractivity contribution is 0.199. The number of rotatable bonds is 5. The van der Waals surface area contributed by atoms with Crippen LogP contribution in [0.5, 0.6) is 0 Å². The molecule has 0 bridgehead atoms. The van der Waals surface area contributed by atoms with Gasteiger partial charge in [-0.1, -0.05) is 13.3 Å². The Morgan fingerprint density at radius 1 is 1.45 bits per heavy atom. The van der Waals surface area contributed by atoms with Gasteiger partial charge in [0.25, 0.3) is 0 Å². The third-order valence-corrected chi connectivity index (χ3v) is 5.29. The Labute approximate surface area is 121 Å². The molecule has 2 rings (SSSR count). The third kappa shape index (κ3) is 3.84. The maximum Gasteiger partial charge on any atom is 0.211 e. The maximum atomic E-state index is 11.6. The van der Waals surface area contributed by atoms with E-state index in [9.17, 15) is 8.42 Å². The Morgan fingerprint density at radius 2 is 2.20 bits per heavy atom. The highest BCUT2D eigenvalue weighted by atomic mass is 32.2. The van der Waals surface area contributed by atoms with Crippen molar-refractivity contribution in [2.24, 2.45) is 5.92 Å². The molecule has 1 aromatic rings. The van der Waals surface area contributed by atoms with Crippen LogP contribution in [0.2, 0.25) is 0 Å². The number of furan rings is 1. The minimum atomic E-state index is -3.07. The second kappa shape index (κ2) is 6.28. The van der Waals surface area contributed by atoms with Crippen LogP contribution in [0.1, 0.15) is 31.3 Å². The monoisotopic (exact) mass is 300 g/mol. The van der Waals surface area contributed by atoms with Gasteiger partial charge in [0, 0.05) is 19.1 Å². The van der Waals surface area contributed by atoms with E-state index in [2.05, 4.69) is 12.2 Å². The number of hydrogen-bond donors (Lipinski definition) is 1. The Morgan fingerprint density at radius 3 is 2.75 bits per heavy atom. The predicted molar refractivity (Wildman–Crippen MR) is 78.9 cm³/mol. The summed E-state index contributed by atoms with van der Waals surface area (Å²) in [6.45, 7) is 5.97. The van der Waals surface area contributed by atoms with Crippen molar-refractivity contribution < 1.29 is 12.8 Å². The van der Waals surface area contributed by atoms with Crippen molar-refractivity contribution in [3.05, 3.63) is 23.7 Å². The van der Waals surface area contributed by atoms with Gasteiger partial charge in [-0.3, -0.25) is 0 Å². The van der Waals surface area contributed by atoms with Crippen molar-refractivity contribution in [3.8, 4) is 0 Å². The van der Waals surface area contributed by atoms with E-state index in [1.807, 2.05) is 19.1 Å². The fourth-order valence-corrected chi connectivity index (χ4v) is 3.69. The molecule has 5 nitrogen and oxygen atoms in total. The van der Waals surface area contributed by atoms with Crippen molar-refractivity contribution in [1.29, 1.82) is 0 Å². The Kier molecular flexibility index (Phi) is 4.88. The molecule has 0 unspecified atom stereocenters. The summed E-state index contributed by atoms with van der Waals surface area (Å²) in [7, 11) is -3.07. The summed E-state index contributed by atoms with van der Waals surface area (Å²) < 4.78 is 30.4. The van der Waals surface area contributed by atoms with Crippen molar-refractivity contribution in [1.82, 2.24) is 9.62 Å². The van der Waals surface area contributed by atoms with E-state index in [-0.39, 0.29) is 0 Å². The molecule has 0 saturated carbocycles. The first-order valence-corrected chi connectivity index (χ1v) is 8.98. The fraction of sp³-hybridized carbons (Fsp3) is 0.714. The van der Waals surface area contributed by atoms with Gasteiger partial charge in [0.1, 0.15) is 11.5 Å². The van der Waals surface area contributed by atoms with Crippen LogP contribution in [0.25, 0.3) is 0 Å². The number of nitrogens with zero attached hydrogens (tertiary/aromatic N) is 1. The van der Waals surface area contributed by atoms with Gasteiger partial charge in [-0.15, -0.1) is 0 Å². The quantitative estimate of drug-likeness (QED) is 0.899. The first-order chi connectivity index (χ1) is 9.40. The van der Waals surface area contributed by atoms with Gasteiger partial charge in [-0.2, -0.15) is 0 Å². The first kappa shape index (κ1) is 15.5. The molecule has 1 saturated heterocycles.